The van der Waals surface area contributed by atoms with E-state index < -0.39 is 0 Å². The molecule has 0 radical (unpaired) electrons. The number of hydrogen-bond donors (Lipinski definition) is 1. The summed E-state index contributed by atoms with van der Waals surface area (Å²) >= 11 is 0. The van der Waals surface area contributed by atoms with Gasteiger partial charge in [0.05, 0.1) is 0 Å². The Kier molecular flexibility index (Phi) is 5.98. The van der Waals surface area contributed by atoms with E-state index >= 15 is 0 Å². The Morgan fingerprint density at radius 3 is 2.53 bits per heavy atom. The van der Waals surface area contributed by atoms with E-state index in [1.165, 1.54) is 0 Å². The van der Waals surface area contributed by atoms with Gasteiger partial charge in [-0.3, -0.25) is 0 Å². The number of benzene rings is 1. The van der Waals surface area contributed by atoms with Gasteiger partial charge in [-0.1, -0.05) is 13.8 Å². The zero-order valence-electron chi connectivity index (χ0n) is 11.1. The van der Waals surface area contributed by atoms with Crippen molar-refractivity contribution in [1.29, 1.82) is 0 Å². The maximum Gasteiger partial charge on any atom is 0.125 e. The lowest BCUT2D eigenvalue weighted by Gasteiger charge is -2.23. The highest BCUT2D eigenvalue weighted by atomic mass is 19.1. The van der Waals surface area contributed by atoms with E-state index in [0.717, 1.165) is 43.9 Å². The molecule has 0 amide bonds. The summed E-state index contributed by atoms with van der Waals surface area (Å²) in [5, 5.41) is 3.22. The lowest BCUT2D eigenvalue weighted by Crippen LogP contribution is -2.24. The molecule has 0 unspecified atom stereocenters. The Hall–Kier alpha value is -1.09. The minimum atomic E-state index is -0.148. The molecule has 2 nitrogen and oxygen atoms in total. The summed E-state index contributed by atoms with van der Waals surface area (Å²) in [7, 11) is 0. The zero-order valence-corrected chi connectivity index (χ0v) is 11.1. The smallest absolute Gasteiger partial charge is 0.125 e. The second-order valence-corrected chi connectivity index (χ2v) is 4.18. The molecular weight excluding hydrogens is 215 g/mol. The van der Waals surface area contributed by atoms with E-state index in [2.05, 4.69) is 37.1 Å². The van der Waals surface area contributed by atoms with Gasteiger partial charge in [0.1, 0.15) is 5.82 Å². The highest BCUT2D eigenvalue weighted by Gasteiger charge is 2.06. The Labute approximate surface area is 104 Å². The van der Waals surface area contributed by atoms with Crippen molar-refractivity contribution in [1.82, 2.24) is 5.32 Å². The SMILES string of the molecule is CCCN(CC)c1cc(F)cc(CNCC)c1. The molecule has 0 atom stereocenters. The first kappa shape index (κ1) is 14.0. The van der Waals surface area contributed by atoms with Gasteiger partial charge in [0.15, 0.2) is 0 Å². The van der Waals surface area contributed by atoms with Crippen LogP contribution in [0.25, 0.3) is 0 Å². The molecule has 0 saturated heterocycles. The van der Waals surface area contributed by atoms with E-state index in [-0.39, 0.29) is 5.82 Å². The molecule has 0 spiro atoms. The van der Waals surface area contributed by atoms with Crippen molar-refractivity contribution >= 4 is 5.69 Å². The van der Waals surface area contributed by atoms with Gasteiger partial charge in [0, 0.05) is 25.3 Å². The highest BCUT2D eigenvalue weighted by Crippen LogP contribution is 2.19. The number of nitrogens with one attached hydrogen (secondary N) is 1. The van der Waals surface area contributed by atoms with Crippen LogP contribution in [0.5, 0.6) is 0 Å². The van der Waals surface area contributed by atoms with Crippen molar-refractivity contribution in [3.8, 4) is 0 Å². The first-order chi connectivity index (χ1) is 8.21. The summed E-state index contributed by atoms with van der Waals surface area (Å²) in [5.74, 6) is -0.148. The monoisotopic (exact) mass is 238 g/mol. The molecule has 3 heteroatoms. The normalized spacial score (nSPS) is 10.6. The highest BCUT2D eigenvalue weighted by molar-refractivity contribution is 5.49. The Bertz CT molecular complexity index is 339. The molecule has 0 aromatic heterocycles. The van der Waals surface area contributed by atoms with Gasteiger partial charge in [-0.2, -0.15) is 0 Å². The summed E-state index contributed by atoms with van der Waals surface area (Å²) in [6, 6.07) is 5.30. The second kappa shape index (κ2) is 7.28. The fourth-order valence-electron chi connectivity index (χ4n) is 1.93. The number of rotatable bonds is 7. The van der Waals surface area contributed by atoms with Crippen LogP contribution in [-0.2, 0) is 6.54 Å². The topological polar surface area (TPSA) is 15.3 Å². The summed E-state index contributed by atoms with van der Waals surface area (Å²) in [6.45, 7) is 9.81. The summed E-state index contributed by atoms with van der Waals surface area (Å²) in [6.07, 6.45) is 1.08. The molecule has 0 saturated carbocycles. The zero-order chi connectivity index (χ0) is 12.7. The first-order valence-corrected chi connectivity index (χ1v) is 6.46. The van der Waals surface area contributed by atoms with Crippen LogP contribution in [0.4, 0.5) is 10.1 Å². The number of hydrogen-bond acceptors (Lipinski definition) is 2. The average Bonchev–Trinajstić information content (AvgIpc) is 2.32. The van der Waals surface area contributed by atoms with Crippen LogP contribution in [0.1, 0.15) is 32.8 Å². The van der Waals surface area contributed by atoms with Crippen LogP contribution in [0.2, 0.25) is 0 Å². The van der Waals surface area contributed by atoms with Crippen LogP contribution < -0.4 is 10.2 Å². The Balaban J connectivity index is 2.86. The standard InChI is InChI=1S/C14H23FN2/c1-4-7-17(6-3)14-9-12(11-16-5-2)8-13(15)10-14/h8-10,16H,4-7,11H2,1-3H3. The molecule has 0 aliphatic carbocycles. The van der Waals surface area contributed by atoms with Crippen molar-refractivity contribution in [2.75, 3.05) is 24.5 Å². The van der Waals surface area contributed by atoms with Crippen molar-refractivity contribution in [2.45, 2.75) is 33.7 Å². The van der Waals surface area contributed by atoms with Crippen molar-refractivity contribution in [2.24, 2.45) is 0 Å². The molecule has 1 aromatic rings. The third-order valence-corrected chi connectivity index (χ3v) is 2.76. The van der Waals surface area contributed by atoms with E-state index in [1.807, 2.05) is 0 Å². The fraction of sp³-hybridized carbons (Fsp3) is 0.571. The molecule has 0 fully saturated rings. The van der Waals surface area contributed by atoms with Gasteiger partial charge < -0.3 is 10.2 Å². The summed E-state index contributed by atoms with van der Waals surface area (Å²) in [4.78, 5) is 2.21. The minimum Gasteiger partial charge on any atom is -0.372 e. The van der Waals surface area contributed by atoms with Crippen LogP contribution in [0.3, 0.4) is 0 Å². The average molecular weight is 238 g/mol. The molecule has 96 valence electrons. The number of nitrogens with zero attached hydrogens (tertiary/aromatic N) is 1. The van der Waals surface area contributed by atoms with Gasteiger partial charge in [-0.25, -0.2) is 4.39 Å². The predicted octanol–water partition coefficient (Wildman–Crippen LogP) is 3.17. The van der Waals surface area contributed by atoms with E-state index in [0.29, 0.717) is 0 Å². The Morgan fingerprint density at radius 2 is 1.94 bits per heavy atom. The summed E-state index contributed by atoms with van der Waals surface area (Å²) in [5.41, 5.74) is 2.00. The molecule has 0 aliphatic heterocycles. The van der Waals surface area contributed by atoms with Crippen molar-refractivity contribution in [3.05, 3.63) is 29.6 Å². The second-order valence-electron chi connectivity index (χ2n) is 4.18. The molecule has 1 aromatic carbocycles. The fourth-order valence-corrected chi connectivity index (χ4v) is 1.93. The minimum absolute atomic E-state index is 0.148. The molecule has 0 heterocycles. The lowest BCUT2D eigenvalue weighted by atomic mass is 10.1. The third kappa shape index (κ3) is 4.35. The molecule has 0 aliphatic rings. The molecule has 0 bridgehead atoms. The van der Waals surface area contributed by atoms with Crippen LogP contribution >= 0.6 is 0 Å². The first-order valence-electron chi connectivity index (χ1n) is 6.46. The molecule has 1 rings (SSSR count). The predicted molar refractivity (Wildman–Crippen MR) is 72.0 cm³/mol. The van der Waals surface area contributed by atoms with E-state index in [1.54, 1.807) is 12.1 Å². The van der Waals surface area contributed by atoms with Gasteiger partial charge in [0.25, 0.3) is 0 Å². The van der Waals surface area contributed by atoms with Gasteiger partial charge in [-0.15, -0.1) is 0 Å². The number of anilines is 1. The maximum absolute atomic E-state index is 13.5. The Morgan fingerprint density at radius 1 is 1.18 bits per heavy atom. The van der Waals surface area contributed by atoms with E-state index in [4.69, 9.17) is 0 Å². The summed E-state index contributed by atoms with van der Waals surface area (Å²) < 4.78 is 13.5. The molecule has 1 N–H and O–H groups in total. The van der Waals surface area contributed by atoms with Gasteiger partial charge >= 0.3 is 0 Å². The van der Waals surface area contributed by atoms with E-state index in [9.17, 15) is 4.39 Å². The van der Waals surface area contributed by atoms with Crippen LogP contribution in [0, 0.1) is 5.82 Å². The van der Waals surface area contributed by atoms with Gasteiger partial charge in [-0.05, 0) is 43.7 Å². The van der Waals surface area contributed by atoms with Crippen LogP contribution in [-0.4, -0.2) is 19.6 Å². The number of halogens is 1. The van der Waals surface area contributed by atoms with Crippen molar-refractivity contribution < 1.29 is 4.39 Å². The quantitative estimate of drug-likeness (QED) is 0.785. The lowest BCUT2D eigenvalue weighted by molar-refractivity contribution is 0.620. The largest absolute Gasteiger partial charge is 0.372 e. The van der Waals surface area contributed by atoms with Gasteiger partial charge in [0.2, 0.25) is 0 Å². The maximum atomic E-state index is 13.5. The molecular formula is C14H23FN2. The third-order valence-electron chi connectivity index (χ3n) is 2.76. The van der Waals surface area contributed by atoms with Crippen LogP contribution in [0.15, 0.2) is 18.2 Å². The molecule has 17 heavy (non-hydrogen) atoms. The van der Waals surface area contributed by atoms with Crippen molar-refractivity contribution in [3.63, 3.8) is 0 Å².